The SMILES string of the molecule is CC(C)c1nc(N)cc(Oc2c(F)cccc2[N+](=O)[O-])n1. The molecule has 2 aromatic rings. The molecule has 8 heteroatoms. The van der Waals surface area contributed by atoms with E-state index in [0.717, 1.165) is 12.1 Å². The molecule has 0 amide bonds. The molecule has 0 spiro atoms. The van der Waals surface area contributed by atoms with Crippen LogP contribution in [0.2, 0.25) is 0 Å². The highest BCUT2D eigenvalue weighted by molar-refractivity contribution is 5.49. The molecule has 7 nitrogen and oxygen atoms in total. The average Bonchev–Trinajstić information content (AvgIpc) is 2.40. The molecule has 0 atom stereocenters. The maximum atomic E-state index is 13.8. The molecule has 21 heavy (non-hydrogen) atoms. The van der Waals surface area contributed by atoms with Crippen molar-refractivity contribution in [2.24, 2.45) is 0 Å². The molecule has 2 rings (SSSR count). The summed E-state index contributed by atoms with van der Waals surface area (Å²) in [6.07, 6.45) is 0. The molecule has 110 valence electrons. The van der Waals surface area contributed by atoms with E-state index in [-0.39, 0.29) is 17.6 Å². The van der Waals surface area contributed by atoms with Crippen molar-refractivity contribution in [3.63, 3.8) is 0 Å². The van der Waals surface area contributed by atoms with Gasteiger partial charge in [-0.15, -0.1) is 0 Å². The Hall–Kier alpha value is -2.77. The zero-order valence-corrected chi connectivity index (χ0v) is 11.4. The van der Waals surface area contributed by atoms with E-state index in [1.165, 1.54) is 12.1 Å². The predicted octanol–water partition coefficient (Wildman–Crippen LogP) is 3.02. The zero-order chi connectivity index (χ0) is 15.6. The first kappa shape index (κ1) is 14.6. The fourth-order valence-corrected chi connectivity index (χ4v) is 1.62. The number of hydrogen-bond acceptors (Lipinski definition) is 6. The molecule has 0 saturated heterocycles. The van der Waals surface area contributed by atoms with Crippen LogP contribution in [0, 0.1) is 15.9 Å². The maximum Gasteiger partial charge on any atom is 0.314 e. The van der Waals surface area contributed by atoms with Crippen LogP contribution in [0.3, 0.4) is 0 Å². The minimum absolute atomic E-state index is 0.0218. The Kier molecular flexibility index (Phi) is 3.97. The Labute approximate surface area is 119 Å². The number of anilines is 1. The fourth-order valence-electron chi connectivity index (χ4n) is 1.62. The molecule has 0 fully saturated rings. The number of benzene rings is 1. The van der Waals surface area contributed by atoms with Crippen LogP contribution in [-0.2, 0) is 0 Å². The summed E-state index contributed by atoms with van der Waals surface area (Å²) in [5.74, 6) is -0.875. The van der Waals surface area contributed by atoms with Crippen LogP contribution in [0.4, 0.5) is 15.9 Å². The summed E-state index contributed by atoms with van der Waals surface area (Å²) < 4.78 is 19.0. The van der Waals surface area contributed by atoms with Crippen molar-refractivity contribution < 1.29 is 14.1 Å². The number of halogens is 1. The first-order valence-corrected chi connectivity index (χ1v) is 6.13. The topological polar surface area (TPSA) is 104 Å². The third-order valence-corrected chi connectivity index (χ3v) is 2.61. The second-order valence-corrected chi connectivity index (χ2v) is 4.59. The van der Waals surface area contributed by atoms with E-state index in [2.05, 4.69) is 9.97 Å². The molecule has 1 heterocycles. The van der Waals surface area contributed by atoms with E-state index < -0.39 is 22.2 Å². The molecular weight excluding hydrogens is 279 g/mol. The van der Waals surface area contributed by atoms with Crippen LogP contribution in [0.15, 0.2) is 24.3 Å². The number of nitrogens with zero attached hydrogens (tertiary/aromatic N) is 3. The minimum atomic E-state index is -0.854. The summed E-state index contributed by atoms with van der Waals surface area (Å²) in [7, 11) is 0. The highest BCUT2D eigenvalue weighted by Crippen LogP contribution is 2.33. The Morgan fingerprint density at radius 2 is 2.10 bits per heavy atom. The van der Waals surface area contributed by atoms with Crippen molar-refractivity contribution in [2.75, 3.05) is 5.73 Å². The smallest absolute Gasteiger partial charge is 0.314 e. The molecule has 0 saturated carbocycles. The average molecular weight is 292 g/mol. The molecular formula is C13H13FN4O3. The molecule has 0 aliphatic heterocycles. The van der Waals surface area contributed by atoms with E-state index in [1.54, 1.807) is 0 Å². The normalized spacial score (nSPS) is 10.7. The van der Waals surface area contributed by atoms with Crippen molar-refractivity contribution in [1.82, 2.24) is 9.97 Å². The van der Waals surface area contributed by atoms with Gasteiger partial charge in [0.05, 0.1) is 4.92 Å². The molecule has 2 N–H and O–H groups in total. The van der Waals surface area contributed by atoms with Gasteiger partial charge < -0.3 is 10.5 Å². The van der Waals surface area contributed by atoms with Crippen LogP contribution >= 0.6 is 0 Å². The third-order valence-electron chi connectivity index (χ3n) is 2.61. The van der Waals surface area contributed by atoms with Crippen LogP contribution in [-0.4, -0.2) is 14.9 Å². The Morgan fingerprint density at radius 3 is 2.71 bits per heavy atom. The van der Waals surface area contributed by atoms with Gasteiger partial charge in [0.2, 0.25) is 11.6 Å². The molecule has 1 aromatic carbocycles. The molecule has 1 aromatic heterocycles. The Bertz CT molecular complexity index is 691. The lowest BCUT2D eigenvalue weighted by molar-refractivity contribution is -0.385. The van der Waals surface area contributed by atoms with Gasteiger partial charge in [0.25, 0.3) is 0 Å². The van der Waals surface area contributed by atoms with Gasteiger partial charge >= 0.3 is 5.69 Å². The van der Waals surface area contributed by atoms with Crippen molar-refractivity contribution in [3.05, 3.63) is 46.0 Å². The third kappa shape index (κ3) is 3.22. The number of hydrogen-bond donors (Lipinski definition) is 1. The molecule has 0 unspecified atom stereocenters. The summed E-state index contributed by atoms with van der Waals surface area (Å²) in [5, 5.41) is 10.9. The summed E-state index contributed by atoms with van der Waals surface area (Å²) in [5.41, 5.74) is 5.14. The lowest BCUT2D eigenvalue weighted by Crippen LogP contribution is -2.04. The van der Waals surface area contributed by atoms with Crippen LogP contribution in [0.25, 0.3) is 0 Å². The highest BCUT2D eigenvalue weighted by Gasteiger charge is 2.21. The van der Waals surface area contributed by atoms with Crippen molar-refractivity contribution >= 4 is 11.5 Å². The number of para-hydroxylation sites is 1. The van der Waals surface area contributed by atoms with Crippen LogP contribution < -0.4 is 10.5 Å². The standard InChI is InChI=1S/C13H13FN4O3/c1-7(2)13-16-10(15)6-11(17-13)21-12-8(14)4-3-5-9(12)18(19)20/h3-7H,1-2H3,(H2,15,16,17). The molecule has 0 aliphatic carbocycles. The summed E-state index contributed by atoms with van der Waals surface area (Å²) in [6, 6.07) is 4.72. The van der Waals surface area contributed by atoms with E-state index >= 15 is 0 Å². The van der Waals surface area contributed by atoms with Gasteiger partial charge in [-0.1, -0.05) is 19.9 Å². The van der Waals surface area contributed by atoms with Gasteiger partial charge in [-0.25, -0.2) is 9.37 Å². The van der Waals surface area contributed by atoms with Gasteiger partial charge in [-0.3, -0.25) is 10.1 Å². The predicted molar refractivity (Wildman–Crippen MR) is 73.7 cm³/mol. The maximum absolute atomic E-state index is 13.8. The number of nitrogen functional groups attached to an aromatic ring is 1. The molecule has 0 bridgehead atoms. The Morgan fingerprint density at radius 1 is 1.38 bits per heavy atom. The summed E-state index contributed by atoms with van der Waals surface area (Å²) in [6.45, 7) is 3.70. The van der Waals surface area contributed by atoms with Crippen molar-refractivity contribution in [2.45, 2.75) is 19.8 Å². The number of aromatic nitrogens is 2. The van der Waals surface area contributed by atoms with E-state index in [1.807, 2.05) is 13.8 Å². The van der Waals surface area contributed by atoms with Crippen molar-refractivity contribution in [3.8, 4) is 11.6 Å². The van der Waals surface area contributed by atoms with Gasteiger partial charge in [0, 0.05) is 18.1 Å². The zero-order valence-electron chi connectivity index (χ0n) is 11.4. The molecule has 0 aliphatic rings. The number of ether oxygens (including phenoxy) is 1. The minimum Gasteiger partial charge on any atom is -0.428 e. The summed E-state index contributed by atoms with van der Waals surface area (Å²) in [4.78, 5) is 18.3. The van der Waals surface area contributed by atoms with Crippen LogP contribution in [0.1, 0.15) is 25.6 Å². The Balaban J connectivity index is 2.45. The number of rotatable bonds is 4. The largest absolute Gasteiger partial charge is 0.428 e. The number of nitrogens with two attached hydrogens (primary N) is 1. The lowest BCUT2D eigenvalue weighted by atomic mass is 10.2. The van der Waals surface area contributed by atoms with Gasteiger partial charge in [0.1, 0.15) is 11.6 Å². The monoisotopic (exact) mass is 292 g/mol. The van der Waals surface area contributed by atoms with E-state index in [0.29, 0.717) is 5.82 Å². The second kappa shape index (κ2) is 5.70. The van der Waals surface area contributed by atoms with Crippen LogP contribution in [0.5, 0.6) is 11.6 Å². The second-order valence-electron chi connectivity index (χ2n) is 4.59. The quantitative estimate of drug-likeness (QED) is 0.686. The first-order chi connectivity index (χ1) is 9.88. The lowest BCUT2D eigenvalue weighted by Gasteiger charge is -2.10. The highest BCUT2D eigenvalue weighted by atomic mass is 19.1. The molecule has 0 radical (unpaired) electrons. The number of nitro groups is 1. The fraction of sp³-hybridized carbons (Fsp3) is 0.231. The van der Waals surface area contributed by atoms with Gasteiger partial charge in [-0.2, -0.15) is 4.98 Å². The first-order valence-electron chi connectivity index (χ1n) is 6.13. The van der Waals surface area contributed by atoms with Gasteiger partial charge in [0.15, 0.2) is 5.82 Å². The van der Waals surface area contributed by atoms with Crippen molar-refractivity contribution in [1.29, 1.82) is 0 Å². The van der Waals surface area contributed by atoms with Gasteiger partial charge in [-0.05, 0) is 6.07 Å². The number of nitro benzene ring substituents is 1. The van der Waals surface area contributed by atoms with E-state index in [9.17, 15) is 14.5 Å². The summed E-state index contributed by atoms with van der Waals surface area (Å²) >= 11 is 0. The van der Waals surface area contributed by atoms with E-state index in [4.69, 9.17) is 10.5 Å².